The third kappa shape index (κ3) is 14.2. The van der Waals surface area contributed by atoms with Crippen molar-refractivity contribution in [3.63, 3.8) is 0 Å². The Bertz CT molecular complexity index is 1550. The van der Waals surface area contributed by atoms with Gasteiger partial charge in [-0.3, -0.25) is 34.0 Å². The van der Waals surface area contributed by atoms with Crippen molar-refractivity contribution in [3.8, 4) is 0 Å². The van der Waals surface area contributed by atoms with Gasteiger partial charge in [-0.15, -0.1) is 0 Å². The number of benzene rings is 2. The van der Waals surface area contributed by atoms with Crippen LogP contribution < -0.4 is 27.8 Å². The van der Waals surface area contributed by atoms with E-state index in [1.165, 1.54) is 30.8 Å². The smallest absolute Gasteiger partial charge is 0.251 e. The number of likely N-dealkylation sites (N-methyl/N-ethyl adjacent to an activating group) is 1. The summed E-state index contributed by atoms with van der Waals surface area (Å²) in [4.78, 5) is 66.3. The van der Waals surface area contributed by atoms with Crippen LogP contribution >= 0.6 is 0 Å². The van der Waals surface area contributed by atoms with Gasteiger partial charge in [0.2, 0.25) is 17.7 Å². The fourth-order valence-corrected chi connectivity index (χ4v) is 7.54. The number of likely N-dealkylation sites (tertiary alicyclic amines) is 1. The minimum Gasteiger partial charge on any atom is -0.370 e. The minimum absolute atomic E-state index is 0.0393. The first-order valence-electron chi connectivity index (χ1n) is 19.8. The molecule has 2 heterocycles. The van der Waals surface area contributed by atoms with E-state index in [0.717, 1.165) is 43.9 Å². The first-order chi connectivity index (χ1) is 26.3. The third-order valence-corrected chi connectivity index (χ3v) is 10.8. The molecule has 2 saturated heterocycles. The minimum atomic E-state index is -0.902. The SMILES string of the molecule is CC(C)CC(CC(=O)N(C)[C@@H](Cc1ccccc1)C(N)=O)NC(=O)[C@H](CCCN=C(N)N)NC(=O)c1ccc(CN2CCN(C3CCN(C)CC3)CC2)cc1. The molecule has 0 radical (unpaired) electrons. The van der Waals surface area contributed by atoms with Crippen molar-refractivity contribution >= 4 is 29.6 Å². The van der Waals surface area contributed by atoms with Crippen LogP contribution in [0.15, 0.2) is 59.6 Å². The molecule has 8 N–H and O–H groups in total. The Labute approximate surface area is 327 Å². The number of amides is 4. The van der Waals surface area contributed by atoms with Crippen molar-refractivity contribution in [2.75, 3.05) is 59.9 Å². The number of hydrogen-bond acceptors (Lipinski definition) is 8. The van der Waals surface area contributed by atoms with Crippen LogP contribution in [-0.2, 0) is 27.3 Å². The van der Waals surface area contributed by atoms with Crippen molar-refractivity contribution in [2.45, 2.75) is 89.5 Å². The molecule has 0 aliphatic carbocycles. The number of hydrogen-bond donors (Lipinski definition) is 5. The molecule has 14 nitrogen and oxygen atoms in total. The number of nitrogens with one attached hydrogen (secondary N) is 2. The lowest BCUT2D eigenvalue weighted by molar-refractivity contribution is -0.138. The van der Waals surface area contributed by atoms with Crippen LogP contribution in [0.2, 0.25) is 0 Å². The molecule has 0 bridgehead atoms. The average molecular weight is 761 g/mol. The van der Waals surface area contributed by atoms with Crippen molar-refractivity contribution in [2.24, 2.45) is 28.1 Å². The second-order valence-electron chi connectivity index (χ2n) is 15.7. The summed E-state index contributed by atoms with van der Waals surface area (Å²) in [7, 11) is 3.76. The molecule has 4 amide bonds. The second-order valence-corrected chi connectivity index (χ2v) is 15.7. The van der Waals surface area contributed by atoms with Crippen LogP contribution in [0, 0.1) is 5.92 Å². The topological polar surface area (TPSA) is 196 Å². The third-order valence-electron chi connectivity index (χ3n) is 10.8. The molecular formula is C41H64N10O4. The second kappa shape index (κ2) is 21.5. The Morgan fingerprint density at radius 3 is 2.13 bits per heavy atom. The maximum absolute atomic E-state index is 13.9. The normalized spacial score (nSPS) is 17.5. The monoisotopic (exact) mass is 761 g/mol. The lowest BCUT2D eigenvalue weighted by atomic mass is 9.98. The molecule has 0 aromatic heterocycles. The maximum Gasteiger partial charge on any atom is 0.251 e. The number of carbonyl (C=O) groups is 4. The standard InChI is InChI=1S/C41H64N10O4/c1-29(2)25-33(27-37(52)49(4)36(38(42)53)26-30-9-6-5-7-10-30)46-40(55)35(11-8-18-45-41(43)44)47-39(54)32-14-12-31(13-15-32)28-50-21-23-51(24-22-50)34-16-19-48(3)20-17-34/h5-7,9-10,12-15,29,33-36H,8,11,16-28H2,1-4H3,(H2,42,53)(H,46,55)(H,47,54)(H4,43,44,45)/t33?,35-,36-/m0/s1. The predicted molar refractivity (Wildman–Crippen MR) is 217 cm³/mol. The molecule has 0 spiro atoms. The van der Waals surface area contributed by atoms with Gasteiger partial charge in [-0.1, -0.05) is 56.3 Å². The summed E-state index contributed by atoms with van der Waals surface area (Å²) < 4.78 is 0. The lowest BCUT2D eigenvalue weighted by Crippen LogP contribution is -2.52. The summed E-state index contributed by atoms with van der Waals surface area (Å²) in [6.45, 7) is 11.6. The van der Waals surface area contributed by atoms with Gasteiger partial charge in [-0.05, 0) is 81.4 Å². The predicted octanol–water partition coefficient (Wildman–Crippen LogP) is 1.53. The molecule has 0 saturated carbocycles. The highest BCUT2D eigenvalue weighted by Crippen LogP contribution is 2.19. The van der Waals surface area contributed by atoms with Gasteiger partial charge in [0.1, 0.15) is 12.1 Å². The highest BCUT2D eigenvalue weighted by molar-refractivity contribution is 5.97. The van der Waals surface area contributed by atoms with Gasteiger partial charge < -0.3 is 37.6 Å². The van der Waals surface area contributed by atoms with Gasteiger partial charge in [-0.25, -0.2) is 0 Å². The highest BCUT2D eigenvalue weighted by atomic mass is 16.2. The number of aliphatic imine (C=N–C) groups is 1. The molecule has 2 aromatic rings. The number of primary amides is 1. The molecule has 3 atom stereocenters. The van der Waals surface area contributed by atoms with Crippen LogP contribution in [0.25, 0.3) is 0 Å². The Hall–Kier alpha value is -4.53. The molecule has 2 aliphatic heterocycles. The molecule has 2 fully saturated rings. The summed E-state index contributed by atoms with van der Waals surface area (Å²) in [5.41, 5.74) is 19.2. The van der Waals surface area contributed by atoms with Crippen molar-refractivity contribution < 1.29 is 19.2 Å². The Balaban J connectivity index is 1.36. The molecule has 2 aromatic carbocycles. The van der Waals surface area contributed by atoms with E-state index in [1.54, 1.807) is 19.2 Å². The van der Waals surface area contributed by atoms with E-state index in [9.17, 15) is 19.2 Å². The zero-order valence-electron chi connectivity index (χ0n) is 33.3. The summed E-state index contributed by atoms with van der Waals surface area (Å²) in [5, 5.41) is 5.94. The van der Waals surface area contributed by atoms with Crippen LogP contribution in [0.4, 0.5) is 0 Å². The average Bonchev–Trinajstić information content (AvgIpc) is 3.15. The molecule has 55 heavy (non-hydrogen) atoms. The van der Waals surface area contributed by atoms with E-state index < -0.39 is 29.9 Å². The maximum atomic E-state index is 13.9. The number of nitrogens with two attached hydrogens (primary N) is 3. The highest BCUT2D eigenvalue weighted by Gasteiger charge is 2.30. The molecule has 4 rings (SSSR count). The van der Waals surface area contributed by atoms with E-state index in [4.69, 9.17) is 17.2 Å². The molecule has 302 valence electrons. The van der Waals surface area contributed by atoms with Gasteiger partial charge >= 0.3 is 0 Å². The quantitative estimate of drug-likeness (QED) is 0.0802. The van der Waals surface area contributed by atoms with Gasteiger partial charge in [0.15, 0.2) is 5.96 Å². The summed E-state index contributed by atoms with van der Waals surface area (Å²) >= 11 is 0. The first-order valence-corrected chi connectivity index (χ1v) is 19.8. The number of piperazine rings is 1. The first kappa shape index (κ1) is 43.2. The molecular weight excluding hydrogens is 697 g/mol. The fourth-order valence-electron chi connectivity index (χ4n) is 7.54. The Kier molecular flexibility index (Phi) is 16.9. The van der Waals surface area contributed by atoms with Gasteiger partial charge in [0.25, 0.3) is 5.91 Å². The van der Waals surface area contributed by atoms with E-state index >= 15 is 0 Å². The van der Waals surface area contributed by atoms with Gasteiger partial charge in [0.05, 0.1) is 0 Å². The van der Waals surface area contributed by atoms with Crippen molar-refractivity contribution in [1.29, 1.82) is 0 Å². The van der Waals surface area contributed by atoms with Crippen LogP contribution in [0.3, 0.4) is 0 Å². The summed E-state index contributed by atoms with van der Waals surface area (Å²) in [6.07, 6.45) is 3.94. The van der Waals surface area contributed by atoms with Crippen LogP contribution in [-0.4, -0.2) is 133 Å². The number of rotatable bonds is 19. The van der Waals surface area contributed by atoms with E-state index in [1.807, 2.05) is 56.3 Å². The zero-order valence-corrected chi connectivity index (χ0v) is 33.3. The van der Waals surface area contributed by atoms with Crippen LogP contribution in [0.5, 0.6) is 0 Å². The number of nitrogens with zero attached hydrogens (tertiary/aromatic N) is 5. The molecule has 14 heteroatoms. The fraction of sp³-hybridized carbons (Fsp3) is 0.585. The van der Waals surface area contributed by atoms with Crippen molar-refractivity contribution in [1.82, 2.24) is 30.2 Å². The Morgan fingerprint density at radius 1 is 0.873 bits per heavy atom. The summed E-state index contributed by atoms with van der Waals surface area (Å²) in [6, 6.07) is 15.3. The van der Waals surface area contributed by atoms with E-state index in [-0.39, 0.29) is 49.5 Å². The number of piperidine rings is 1. The van der Waals surface area contributed by atoms with Crippen molar-refractivity contribution in [3.05, 3.63) is 71.3 Å². The molecule has 2 aliphatic rings. The zero-order chi connectivity index (χ0) is 39.9. The van der Waals surface area contributed by atoms with E-state index in [0.29, 0.717) is 24.4 Å². The lowest BCUT2D eigenvalue weighted by Gasteiger charge is -2.42. The molecule has 1 unspecified atom stereocenters. The number of carbonyl (C=O) groups excluding carboxylic acids is 4. The Morgan fingerprint density at radius 2 is 1.53 bits per heavy atom. The number of guanidine groups is 1. The summed E-state index contributed by atoms with van der Waals surface area (Å²) in [5.74, 6) is -1.62. The van der Waals surface area contributed by atoms with E-state index in [2.05, 4.69) is 37.4 Å². The largest absolute Gasteiger partial charge is 0.370 e. The van der Waals surface area contributed by atoms with Crippen LogP contribution in [0.1, 0.15) is 73.9 Å². The van der Waals surface area contributed by atoms with Gasteiger partial charge in [-0.2, -0.15) is 0 Å². The van der Waals surface area contributed by atoms with Gasteiger partial charge in [0, 0.05) is 76.8 Å².